The molecule has 24 heavy (non-hydrogen) atoms. The Balaban J connectivity index is 0.00000208. The van der Waals surface area contributed by atoms with Gasteiger partial charge in [0.15, 0.2) is 5.78 Å². The van der Waals surface area contributed by atoms with Crippen LogP contribution < -0.4 is 10.6 Å². The number of nitrogens with zero attached hydrogens (tertiary/aromatic N) is 1. The number of amides is 1. The van der Waals surface area contributed by atoms with E-state index >= 15 is 0 Å². The van der Waals surface area contributed by atoms with Crippen molar-refractivity contribution >= 4 is 24.1 Å². The number of piperazine rings is 1. The zero-order valence-electron chi connectivity index (χ0n) is 14.3. The Kier molecular flexibility index (Phi) is 7.94. The van der Waals surface area contributed by atoms with Gasteiger partial charge in [0.05, 0.1) is 12.6 Å². The number of ether oxygens (including phenoxy) is 1. The van der Waals surface area contributed by atoms with Crippen LogP contribution in [0.5, 0.6) is 0 Å². The molecule has 3 aliphatic rings. The summed E-state index contributed by atoms with van der Waals surface area (Å²) in [6.45, 7) is 3.78. The number of halogens is 1. The smallest absolute Gasteiger partial charge is 0.253 e. The van der Waals surface area contributed by atoms with Crippen molar-refractivity contribution in [1.29, 1.82) is 0 Å². The Morgan fingerprint density at radius 1 is 1.12 bits per heavy atom. The Bertz CT molecular complexity index is 423. The molecule has 2 N–H and O–H groups in total. The van der Waals surface area contributed by atoms with E-state index in [2.05, 4.69) is 10.6 Å². The predicted octanol–water partition coefficient (Wildman–Crippen LogP) is 0.737. The van der Waals surface area contributed by atoms with E-state index in [9.17, 15) is 9.59 Å². The van der Waals surface area contributed by atoms with E-state index in [-0.39, 0.29) is 30.1 Å². The van der Waals surface area contributed by atoms with Crippen LogP contribution in [0.4, 0.5) is 0 Å². The zero-order valence-corrected chi connectivity index (χ0v) is 15.1. The summed E-state index contributed by atoms with van der Waals surface area (Å²) >= 11 is 0. The van der Waals surface area contributed by atoms with E-state index in [4.69, 9.17) is 4.74 Å². The van der Waals surface area contributed by atoms with Crippen molar-refractivity contribution < 1.29 is 14.3 Å². The van der Waals surface area contributed by atoms with E-state index in [0.717, 1.165) is 6.54 Å². The zero-order chi connectivity index (χ0) is 16.1. The maximum atomic E-state index is 12.6. The quantitative estimate of drug-likeness (QED) is 0.774. The van der Waals surface area contributed by atoms with Gasteiger partial charge in [-0.05, 0) is 5.92 Å². The molecule has 0 bridgehead atoms. The highest BCUT2D eigenvalue weighted by Gasteiger charge is 2.33. The molecule has 2 atom stereocenters. The molecule has 138 valence electrons. The van der Waals surface area contributed by atoms with Crippen molar-refractivity contribution in [1.82, 2.24) is 15.5 Å². The Morgan fingerprint density at radius 3 is 2.62 bits per heavy atom. The van der Waals surface area contributed by atoms with Gasteiger partial charge in [0, 0.05) is 39.1 Å². The minimum atomic E-state index is -0.393. The van der Waals surface area contributed by atoms with Gasteiger partial charge in [0.2, 0.25) is 0 Å². The second-order valence-electron chi connectivity index (χ2n) is 7.03. The first-order chi connectivity index (χ1) is 11.2. The third kappa shape index (κ3) is 5.15. The molecule has 3 fully saturated rings. The van der Waals surface area contributed by atoms with Crippen molar-refractivity contribution in [3.8, 4) is 0 Å². The fraction of sp³-hybridized carbons (Fsp3) is 0.882. The van der Waals surface area contributed by atoms with Crippen LogP contribution in [0, 0.1) is 5.92 Å². The first-order valence-electron chi connectivity index (χ1n) is 9.11. The molecule has 1 saturated carbocycles. The molecule has 2 aliphatic heterocycles. The minimum Gasteiger partial charge on any atom is -0.366 e. The molecule has 0 aromatic carbocycles. The molecule has 3 rings (SSSR count). The largest absolute Gasteiger partial charge is 0.366 e. The van der Waals surface area contributed by atoms with Crippen LogP contribution in [-0.4, -0.2) is 68.1 Å². The summed E-state index contributed by atoms with van der Waals surface area (Å²) in [6.07, 6.45) is 6.46. The molecule has 2 heterocycles. The van der Waals surface area contributed by atoms with Crippen LogP contribution in [0.15, 0.2) is 0 Å². The van der Waals surface area contributed by atoms with Crippen LogP contribution in [0.1, 0.15) is 38.5 Å². The number of morpholine rings is 1. The third-order valence-corrected chi connectivity index (χ3v) is 5.29. The Hall–Kier alpha value is -0.690. The molecule has 7 heteroatoms. The lowest BCUT2D eigenvalue weighted by Crippen LogP contribution is -2.59. The number of nitrogens with one attached hydrogen (secondary N) is 2. The summed E-state index contributed by atoms with van der Waals surface area (Å²) in [5.74, 6) is 0.848. The second kappa shape index (κ2) is 9.70. The molecule has 0 radical (unpaired) electrons. The maximum absolute atomic E-state index is 12.6. The summed E-state index contributed by atoms with van der Waals surface area (Å²) in [5, 5.41) is 6.48. The highest BCUT2D eigenvalue weighted by atomic mass is 35.5. The van der Waals surface area contributed by atoms with Crippen molar-refractivity contribution in [2.75, 3.05) is 39.3 Å². The van der Waals surface area contributed by atoms with Gasteiger partial charge in [-0.15, -0.1) is 12.4 Å². The summed E-state index contributed by atoms with van der Waals surface area (Å²) in [4.78, 5) is 26.9. The number of hydrogen-bond acceptors (Lipinski definition) is 5. The number of hydrogen-bond donors (Lipinski definition) is 2. The summed E-state index contributed by atoms with van der Waals surface area (Å²) in [7, 11) is 0. The summed E-state index contributed by atoms with van der Waals surface area (Å²) in [5.41, 5.74) is 0. The molecule has 6 nitrogen and oxygen atoms in total. The number of Topliss-reactive ketones (excluding diaryl/α,β-unsaturated/α-hetero) is 1. The highest BCUT2D eigenvalue weighted by Crippen LogP contribution is 2.27. The van der Waals surface area contributed by atoms with Crippen molar-refractivity contribution in [3.05, 3.63) is 0 Å². The Morgan fingerprint density at radius 2 is 1.92 bits per heavy atom. The first-order valence-corrected chi connectivity index (χ1v) is 9.11. The van der Waals surface area contributed by atoms with Crippen molar-refractivity contribution in [2.24, 2.45) is 5.92 Å². The van der Waals surface area contributed by atoms with Crippen LogP contribution in [0.2, 0.25) is 0 Å². The summed E-state index contributed by atoms with van der Waals surface area (Å²) in [6, 6.07) is -0.203. The molecule has 1 amide bonds. The maximum Gasteiger partial charge on any atom is 0.253 e. The third-order valence-electron chi connectivity index (χ3n) is 5.29. The number of carbonyl (C=O) groups excluding carboxylic acids is 2. The van der Waals surface area contributed by atoms with Gasteiger partial charge in [-0.2, -0.15) is 0 Å². The van der Waals surface area contributed by atoms with Gasteiger partial charge in [-0.1, -0.05) is 32.1 Å². The minimum absolute atomic E-state index is 0. The van der Waals surface area contributed by atoms with Gasteiger partial charge in [0.25, 0.3) is 5.91 Å². The van der Waals surface area contributed by atoms with Crippen LogP contribution in [-0.2, 0) is 14.3 Å². The molecule has 0 aromatic rings. The van der Waals surface area contributed by atoms with E-state index in [1.165, 1.54) is 32.1 Å². The fourth-order valence-corrected chi connectivity index (χ4v) is 3.91. The van der Waals surface area contributed by atoms with Crippen LogP contribution in [0.25, 0.3) is 0 Å². The van der Waals surface area contributed by atoms with E-state index in [0.29, 0.717) is 45.1 Å². The highest BCUT2D eigenvalue weighted by molar-refractivity contribution is 5.87. The van der Waals surface area contributed by atoms with E-state index in [1.807, 2.05) is 0 Å². The lowest BCUT2D eigenvalue weighted by atomic mass is 9.84. The topological polar surface area (TPSA) is 70.7 Å². The van der Waals surface area contributed by atoms with Crippen molar-refractivity contribution in [2.45, 2.75) is 50.7 Å². The monoisotopic (exact) mass is 359 g/mol. The average Bonchev–Trinajstić information content (AvgIpc) is 2.63. The van der Waals surface area contributed by atoms with Gasteiger partial charge in [-0.3, -0.25) is 9.59 Å². The average molecular weight is 360 g/mol. The number of rotatable bonds is 4. The molecule has 0 aromatic heterocycles. The normalized spacial score (nSPS) is 28.9. The van der Waals surface area contributed by atoms with Crippen LogP contribution >= 0.6 is 12.4 Å². The lowest BCUT2D eigenvalue weighted by molar-refractivity contribution is -0.147. The van der Waals surface area contributed by atoms with Gasteiger partial charge in [0.1, 0.15) is 6.10 Å². The second-order valence-corrected chi connectivity index (χ2v) is 7.03. The van der Waals surface area contributed by atoms with Gasteiger partial charge < -0.3 is 20.3 Å². The van der Waals surface area contributed by atoms with Gasteiger partial charge in [-0.25, -0.2) is 0 Å². The van der Waals surface area contributed by atoms with Gasteiger partial charge >= 0.3 is 0 Å². The van der Waals surface area contributed by atoms with E-state index < -0.39 is 6.10 Å². The molecule has 1 aliphatic carbocycles. The predicted molar refractivity (Wildman–Crippen MR) is 94.4 cm³/mol. The molecule has 0 spiro atoms. The van der Waals surface area contributed by atoms with E-state index in [1.54, 1.807) is 4.90 Å². The SMILES string of the molecule is Cl.O=C(CC1CCCCC1)C1CN(C(=O)C2CNCCO2)CCN1. The Labute approximate surface area is 150 Å². The molecule has 2 saturated heterocycles. The molecular formula is C17H30ClN3O3. The number of ketones is 1. The van der Waals surface area contributed by atoms with Crippen LogP contribution in [0.3, 0.4) is 0 Å². The lowest BCUT2D eigenvalue weighted by Gasteiger charge is -2.36. The fourth-order valence-electron chi connectivity index (χ4n) is 3.91. The standard InChI is InChI=1S/C17H29N3O3.ClH/c21-15(10-13-4-2-1-3-5-13)14-12-20(8-6-19-14)17(22)16-11-18-7-9-23-16;/h13-14,16,18-19H,1-12H2;1H. The number of carbonyl (C=O) groups is 2. The first kappa shape index (κ1) is 19.6. The summed E-state index contributed by atoms with van der Waals surface area (Å²) < 4.78 is 5.55. The van der Waals surface area contributed by atoms with Crippen molar-refractivity contribution in [3.63, 3.8) is 0 Å². The molecular weight excluding hydrogens is 330 g/mol. The molecule has 2 unspecified atom stereocenters.